The third-order valence-electron chi connectivity index (χ3n) is 3.39. The first-order valence-corrected chi connectivity index (χ1v) is 7.29. The lowest BCUT2D eigenvalue weighted by atomic mass is 10.1. The Hall–Kier alpha value is -2.38. The van der Waals surface area contributed by atoms with Gasteiger partial charge in [-0.3, -0.25) is 9.36 Å². The monoisotopic (exact) mass is 319 g/mol. The number of benzene rings is 1. The van der Waals surface area contributed by atoms with Crippen molar-refractivity contribution < 1.29 is 19.1 Å². The molecule has 1 aromatic carbocycles. The van der Waals surface area contributed by atoms with Crippen LogP contribution in [-0.4, -0.2) is 55.5 Å². The Morgan fingerprint density at radius 2 is 1.96 bits per heavy atom. The maximum Gasteiger partial charge on any atom is 0.421 e. The molecule has 124 valence electrons. The van der Waals surface area contributed by atoms with Crippen molar-refractivity contribution in [3.8, 4) is 0 Å². The molecule has 0 saturated heterocycles. The van der Waals surface area contributed by atoms with Crippen LogP contribution in [0.15, 0.2) is 30.5 Å². The molecule has 7 heteroatoms. The van der Waals surface area contributed by atoms with Crippen molar-refractivity contribution in [3.05, 3.63) is 36.0 Å². The highest BCUT2D eigenvalue weighted by atomic mass is 16.7. The fourth-order valence-electron chi connectivity index (χ4n) is 2.22. The second-order valence-electron chi connectivity index (χ2n) is 5.34. The van der Waals surface area contributed by atoms with Crippen LogP contribution in [0.2, 0.25) is 0 Å². The predicted molar refractivity (Wildman–Crippen MR) is 86.1 cm³/mol. The Morgan fingerprint density at radius 3 is 2.65 bits per heavy atom. The van der Waals surface area contributed by atoms with E-state index in [9.17, 15) is 9.59 Å². The van der Waals surface area contributed by atoms with Gasteiger partial charge in [-0.1, -0.05) is 18.2 Å². The van der Waals surface area contributed by atoms with Gasteiger partial charge in [0, 0.05) is 18.1 Å². The van der Waals surface area contributed by atoms with Crippen LogP contribution in [-0.2, 0) is 20.7 Å². The molecule has 7 nitrogen and oxygen atoms in total. The molecule has 0 radical (unpaired) electrons. The molecule has 2 rings (SSSR count). The quantitative estimate of drug-likeness (QED) is 0.636. The number of rotatable bonds is 6. The molecule has 0 spiro atoms. The first-order chi connectivity index (χ1) is 11.0. The summed E-state index contributed by atoms with van der Waals surface area (Å²) in [6, 6.07) is 7.61. The van der Waals surface area contributed by atoms with Crippen molar-refractivity contribution in [1.29, 1.82) is 0 Å². The zero-order valence-electron chi connectivity index (χ0n) is 13.3. The molecule has 0 atom stereocenters. The van der Waals surface area contributed by atoms with Crippen molar-refractivity contribution >= 4 is 23.0 Å². The number of hydrogen-bond donors (Lipinski definition) is 1. The number of aromatic nitrogens is 1. The maximum absolute atomic E-state index is 12.2. The summed E-state index contributed by atoms with van der Waals surface area (Å²) in [5.41, 5.74) is 6.93. The molecule has 0 aliphatic rings. The number of fused-ring (bicyclic) bond motifs is 1. The molecule has 2 aromatic rings. The minimum absolute atomic E-state index is 0.251. The highest BCUT2D eigenvalue weighted by molar-refractivity contribution is 5.92. The molecular weight excluding hydrogens is 298 g/mol. The van der Waals surface area contributed by atoms with Crippen molar-refractivity contribution in [3.63, 3.8) is 0 Å². The first kappa shape index (κ1) is 17.0. The topological polar surface area (TPSA) is 86.8 Å². The summed E-state index contributed by atoms with van der Waals surface area (Å²) in [6.07, 6.45) is 1.99. The number of ether oxygens (including phenoxy) is 2. The van der Waals surface area contributed by atoms with Crippen molar-refractivity contribution in [2.75, 3.05) is 34.0 Å². The highest BCUT2D eigenvalue weighted by Gasteiger charge is 2.15. The summed E-state index contributed by atoms with van der Waals surface area (Å²) in [7, 11) is 4.00. The zero-order valence-corrected chi connectivity index (χ0v) is 13.3. The summed E-state index contributed by atoms with van der Waals surface area (Å²) < 4.78 is 11.0. The Bertz CT molecular complexity index is 694. The van der Waals surface area contributed by atoms with E-state index in [1.165, 1.54) is 4.57 Å². The van der Waals surface area contributed by atoms with E-state index in [4.69, 9.17) is 10.5 Å². The van der Waals surface area contributed by atoms with E-state index in [0.717, 1.165) is 29.4 Å². The third kappa shape index (κ3) is 4.30. The number of para-hydroxylation sites is 1. The van der Waals surface area contributed by atoms with Gasteiger partial charge in [-0.2, -0.15) is 0 Å². The average molecular weight is 319 g/mol. The number of hydrogen-bond acceptors (Lipinski definition) is 6. The predicted octanol–water partition coefficient (Wildman–Crippen LogP) is 1.19. The second-order valence-corrected chi connectivity index (χ2v) is 5.34. The Kier molecular flexibility index (Phi) is 5.72. The van der Waals surface area contributed by atoms with Gasteiger partial charge in [0.25, 0.3) is 0 Å². The van der Waals surface area contributed by atoms with Gasteiger partial charge in [0.05, 0.1) is 12.1 Å². The van der Waals surface area contributed by atoms with Crippen LogP contribution >= 0.6 is 0 Å². The minimum atomic E-state index is -0.623. The molecule has 0 aliphatic carbocycles. The summed E-state index contributed by atoms with van der Waals surface area (Å²) in [6.45, 7) is 0.171. The van der Waals surface area contributed by atoms with Crippen LogP contribution in [0.4, 0.5) is 4.79 Å². The van der Waals surface area contributed by atoms with E-state index in [2.05, 4.69) is 9.64 Å². The van der Waals surface area contributed by atoms with Gasteiger partial charge in [-0.05, 0) is 32.1 Å². The highest BCUT2D eigenvalue weighted by Crippen LogP contribution is 2.22. The second kappa shape index (κ2) is 7.75. The lowest BCUT2D eigenvalue weighted by Crippen LogP contribution is -2.21. The summed E-state index contributed by atoms with van der Waals surface area (Å²) in [5.74, 6) is -0.623. The molecular formula is C16H21N3O4. The Morgan fingerprint density at radius 1 is 1.22 bits per heavy atom. The van der Waals surface area contributed by atoms with Crippen molar-refractivity contribution in [1.82, 2.24) is 9.47 Å². The molecule has 0 saturated carbocycles. The van der Waals surface area contributed by atoms with Gasteiger partial charge in [-0.25, -0.2) is 4.79 Å². The average Bonchev–Trinajstić information content (AvgIpc) is 2.91. The number of esters is 1. The lowest BCUT2D eigenvalue weighted by molar-refractivity contribution is -0.149. The molecule has 0 unspecified atom stereocenters. The fraction of sp³-hybridized carbons (Fsp3) is 0.375. The number of nitrogens with zero attached hydrogens (tertiary/aromatic N) is 2. The van der Waals surface area contributed by atoms with Crippen LogP contribution in [0.25, 0.3) is 10.9 Å². The molecule has 0 amide bonds. The van der Waals surface area contributed by atoms with Crippen molar-refractivity contribution in [2.24, 2.45) is 5.73 Å². The maximum atomic E-state index is 12.2. The summed E-state index contributed by atoms with van der Waals surface area (Å²) >= 11 is 0. The standard InChI is InChI=1S/C16H21N3O4/c1-18(2)8-7-12-10-19(14-6-4-3-5-13(12)14)16(21)23-11-22-15(20)9-17/h3-6,10H,7-9,11,17H2,1-2H3. The smallest absolute Gasteiger partial charge is 0.421 e. The minimum Gasteiger partial charge on any atom is -0.427 e. The van der Waals surface area contributed by atoms with E-state index in [1.807, 2.05) is 38.4 Å². The molecule has 0 bridgehead atoms. The number of likely N-dealkylation sites (N-methyl/N-ethyl adjacent to an activating group) is 1. The molecule has 2 N–H and O–H groups in total. The number of carbonyl (C=O) groups excluding carboxylic acids is 2. The van der Waals surface area contributed by atoms with Crippen LogP contribution < -0.4 is 5.73 Å². The van der Waals surface area contributed by atoms with Gasteiger partial charge in [0.15, 0.2) is 0 Å². The summed E-state index contributed by atoms with van der Waals surface area (Å²) in [5, 5.41) is 1.00. The Balaban J connectivity index is 2.16. The normalized spacial score (nSPS) is 11.0. The van der Waals surface area contributed by atoms with Crippen LogP contribution in [0.5, 0.6) is 0 Å². The lowest BCUT2D eigenvalue weighted by Gasteiger charge is -2.08. The molecule has 0 fully saturated rings. The zero-order chi connectivity index (χ0) is 16.8. The number of nitrogens with two attached hydrogens (primary N) is 1. The fourth-order valence-corrected chi connectivity index (χ4v) is 2.22. The van der Waals surface area contributed by atoms with Crippen LogP contribution in [0.3, 0.4) is 0 Å². The van der Waals surface area contributed by atoms with E-state index < -0.39 is 18.9 Å². The summed E-state index contributed by atoms with van der Waals surface area (Å²) in [4.78, 5) is 25.2. The molecule has 1 heterocycles. The van der Waals surface area contributed by atoms with Gasteiger partial charge in [0.1, 0.15) is 0 Å². The SMILES string of the molecule is CN(C)CCc1cn(C(=O)OCOC(=O)CN)c2ccccc12. The van der Waals surface area contributed by atoms with Crippen LogP contribution in [0.1, 0.15) is 5.56 Å². The van der Waals surface area contributed by atoms with E-state index >= 15 is 0 Å². The van der Waals surface area contributed by atoms with Gasteiger partial charge in [0.2, 0.25) is 6.79 Å². The molecule has 0 aliphatic heterocycles. The van der Waals surface area contributed by atoms with E-state index in [1.54, 1.807) is 6.20 Å². The van der Waals surface area contributed by atoms with Gasteiger partial charge >= 0.3 is 12.1 Å². The molecule has 1 aromatic heterocycles. The Labute approximate surface area is 134 Å². The largest absolute Gasteiger partial charge is 0.427 e. The van der Waals surface area contributed by atoms with E-state index in [-0.39, 0.29) is 6.54 Å². The van der Waals surface area contributed by atoms with Crippen LogP contribution in [0, 0.1) is 0 Å². The third-order valence-corrected chi connectivity index (χ3v) is 3.39. The number of carbonyl (C=O) groups is 2. The van der Waals surface area contributed by atoms with Crippen molar-refractivity contribution in [2.45, 2.75) is 6.42 Å². The first-order valence-electron chi connectivity index (χ1n) is 7.29. The molecule has 23 heavy (non-hydrogen) atoms. The van der Waals surface area contributed by atoms with Gasteiger partial charge < -0.3 is 20.1 Å². The van der Waals surface area contributed by atoms with E-state index in [0.29, 0.717) is 0 Å². The van der Waals surface area contributed by atoms with Gasteiger partial charge in [-0.15, -0.1) is 0 Å².